The normalized spacial score (nSPS) is 20.7. The summed E-state index contributed by atoms with van der Waals surface area (Å²) in [4.78, 5) is 11.4. The first kappa shape index (κ1) is 13.7. The van der Waals surface area contributed by atoms with Gasteiger partial charge in [-0.3, -0.25) is 0 Å². The molecule has 4 nitrogen and oxygen atoms in total. The number of nitrogens with zero attached hydrogens (tertiary/aromatic N) is 2. The van der Waals surface area contributed by atoms with Crippen LogP contribution in [0.2, 0.25) is 0 Å². The zero-order valence-corrected chi connectivity index (χ0v) is 12.2. The monoisotopic (exact) mass is 282 g/mol. The van der Waals surface area contributed by atoms with E-state index in [1.54, 1.807) is 7.11 Å². The number of fused-ring (bicyclic) bond motifs is 1. The van der Waals surface area contributed by atoms with Crippen LogP contribution in [-0.2, 0) is 11.2 Å². The van der Waals surface area contributed by atoms with Crippen molar-refractivity contribution in [2.45, 2.75) is 25.7 Å². The predicted molar refractivity (Wildman–Crippen MR) is 80.3 cm³/mol. The number of hydrogen-bond donors (Lipinski definition) is 0. The molecule has 0 fully saturated rings. The van der Waals surface area contributed by atoms with E-state index < -0.39 is 0 Å². The highest BCUT2D eigenvalue weighted by Gasteiger charge is 2.26. The first-order valence-electron chi connectivity index (χ1n) is 7.18. The van der Waals surface area contributed by atoms with Gasteiger partial charge in [-0.1, -0.05) is 19.1 Å². The topological polar surface area (TPSA) is 52.1 Å². The average Bonchev–Trinajstić information content (AvgIpc) is 2.53. The van der Waals surface area contributed by atoms with Crippen LogP contribution in [0.5, 0.6) is 5.75 Å². The molecule has 2 atom stereocenters. The molecule has 0 amide bonds. The lowest BCUT2D eigenvalue weighted by Gasteiger charge is -2.25. The van der Waals surface area contributed by atoms with E-state index in [0.29, 0.717) is 5.92 Å². The fourth-order valence-electron chi connectivity index (χ4n) is 3.00. The third-order valence-corrected chi connectivity index (χ3v) is 4.05. The molecule has 3 rings (SSSR count). The maximum absolute atomic E-state index is 11.4. The van der Waals surface area contributed by atoms with Crippen molar-refractivity contribution in [2.24, 2.45) is 5.92 Å². The third-order valence-electron chi connectivity index (χ3n) is 4.05. The van der Waals surface area contributed by atoms with E-state index >= 15 is 0 Å². The van der Waals surface area contributed by atoms with Gasteiger partial charge in [0.05, 0.1) is 18.5 Å². The molecule has 2 unspecified atom stereocenters. The van der Waals surface area contributed by atoms with Gasteiger partial charge in [0.2, 0.25) is 0 Å². The van der Waals surface area contributed by atoms with E-state index in [0.717, 1.165) is 47.4 Å². The largest absolute Gasteiger partial charge is 0.496 e. The summed E-state index contributed by atoms with van der Waals surface area (Å²) in [6, 6.07) is 9.71. The minimum atomic E-state index is -0.0762. The van der Waals surface area contributed by atoms with Gasteiger partial charge in [0.25, 0.3) is 0 Å². The summed E-state index contributed by atoms with van der Waals surface area (Å²) in [6.45, 7) is 2.15. The maximum atomic E-state index is 11.4. The zero-order chi connectivity index (χ0) is 14.8. The Morgan fingerprint density at radius 1 is 1.29 bits per heavy atom. The first-order chi connectivity index (χ1) is 10.2. The van der Waals surface area contributed by atoms with Crippen molar-refractivity contribution >= 4 is 6.29 Å². The number of carbonyl (C=O) groups is 1. The molecule has 0 aliphatic heterocycles. The second-order valence-electron chi connectivity index (χ2n) is 5.62. The zero-order valence-electron chi connectivity index (χ0n) is 12.2. The number of ether oxygens (including phenoxy) is 1. The summed E-state index contributed by atoms with van der Waals surface area (Å²) in [5.74, 6) is 1.16. The summed E-state index contributed by atoms with van der Waals surface area (Å²) in [5.41, 5.74) is 3.62. The van der Waals surface area contributed by atoms with Gasteiger partial charge in [0, 0.05) is 11.5 Å². The van der Waals surface area contributed by atoms with Crippen LogP contribution in [-0.4, -0.2) is 23.6 Å². The second-order valence-corrected chi connectivity index (χ2v) is 5.62. The number of methoxy groups -OCH3 is 1. The summed E-state index contributed by atoms with van der Waals surface area (Å²) in [5, 5.41) is 8.68. The molecular weight excluding hydrogens is 264 g/mol. The van der Waals surface area contributed by atoms with Crippen LogP contribution in [0.25, 0.3) is 11.3 Å². The molecule has 1 aromatic carbocycles. The Hall–Kier alpha value is -2.23. The van der Waals surface area contributed by atoms with Gasteiger partial charge in [0.15, 0.2) is 0 Å². The number of aromatic nitrogens is 2. The molecule has 2 aromatic rings. The Labute approximate surface area is 124 Å². The standard InChI is InChI=1S/C17H18N2O2/c1-11-7-12(10-20)14-9-16(19-18-15(14)8-11)13-5-3-4-6-17(13)21-2/h3-6,9-12H,7-8H2,1-2H3. The van der Waals surface area contributed by atoms with E-state index in [-0.39, 0.29) is 5.92 Å². The van der Waals surface area contributed by atoms with Crippen LogP contribution in [0.3, 0.4) is 0 Å². The van der Waals surface area contributed by atoms with Crippen molar-refractivity contribution in [3.63, 3.8) is 0 Å². The quantitative estimate of drug-likeness (QED) is 0.812. The Morgan fingerprint density at radius 2 is 2.10 bits per heavy atom. The van der Waals surface area contributed by atoms with Crippen LogP contribution in [0, 0.1) is 5.92 Å². The van der Waals surface area contributed by atoms with Gasteiger partial charge in [-0.15, -0.1) is 0 Å². The Bertz CT molecular complexity index is 670. The lowest BCUT2D eigenvalue weighted by atomic mass is 9.80. The smallest absolute Gasteiger partial charge is 0.128 e. The number of aldehydes is 1. The maximum Gasteiger partial charge on any atom is 0.128 e. The van der Waals surface area contributed by atoms with E-state index in [4.69, 9.17) is 4.74 Å². The first-order valence-corrected chi connectivity index (χ1v) is 7.18. The number of benzene rings is 1. The number of hydrogen-bond acceptors (Lipinski definition) is 4. The molecule has 108 valence electrons. The summed E-state index contributed by atoms with van der Waals surface area (Å²) >= 11 is 0. The van der Waals surface area contributed by atoms with Gasteiger partial charge < -0.3 is 9.53 Å². The highest BCUT2D eigenvalue weighted by Crippen LogP contribution is 2.35. The van der Waals surface area contributed by atoms with E-state index in [2.05, 4.69) is 17.1 Å². The van der Waals surface area contributed by atoms with Crippen LogP contribution >= 0.6 is 0 Å². The molecule has 0 saturated heterocycles. The lowest BCUT2D eigenvalue weighted by molar-refractivity contribution is -0.109. The SMILES string of the molecule is COc1ccccc1-c1cc2c(nn1)CC(C)CC2C=O. The van der Waals surface area contributed by atoms with Crippen molar-refractivity contribution in [3.8, 4) is 17.0 Å². The van der Waals surface area contributed by atoms with Gasteiger partial charge in [-0.05, 0) is 42.5 Å². The number of rotatable bonds is 3. The van der Waals surface area contributed by atoms with Crippen molar-refractivity contribution < 1.29 is 9.53 Å². The molecule has 21 heavy (non-hydrogen) atoms. The Morgan fingerprint density at radius 3 is 2.86 bits per heavy atom. The van der Waals surface area contributed by atoms with Gasteiger partial charge in [-0.2, -0.15) is 10.2 Å². The molecule has 0 saturated carbocycles. The number of carbonyl (C=O) groups excluding carboxylic acids is 1. The molecule has 1 aliphatic rings. The molecule has 0 bridgehead atoms. The fraction of sp³-hybridized carbons (Fsp3) is 0.353. The second kappa shape index (κ2) is 5.64. The lowest BCUT2D eigenvalue weighted by Crippen LogP contribution is -2.19. The molecule has 0 radical (unpaired) electrons. The summed E-state index contributed by atoms with van der Waals surface area (Å²) in [7, 11) is 1.64. The van der Waals surface area contributed by atoms with Crippen LogP contribution in [0.1, 0.15) is 30.5 Å². The number of para-hydroxylation sites is 1. The van der Waals surface area contributed by atoms with Crippen molar-refractivity contribution in [1.29, 1.82) is 0 Å². The minimum Gasteiger partial charge on any atom is -0.496 e. The van der Waals surface area contributed by atoms with Crippen LogP contribution < -0.4 is 4.74 Å². The molecule has 0 N–H and O–H groups in total. The van der Waals surface area contributed by atoms with E-state index in [1.165, 1.54) is 0 Å². The van der Waals surface area contributed by atoms with Gasteiger partial charge in [0.1, 0.15) is 12.0 Å². The van der Waals surface area contributed by atoms with Crippen LogP contribution in [0.4, 0.5) is 0 Å². The van der Waals surface area contributed by atoms with Crippen molar-refractivity contribution in [2.75, 3.05) is 7.11 Å². The Balaban J connectivity index is 2.09. The Kier molecular flexibility index (Phi) is 3.69. The van der Waals surface area contributed by atoms with Crippen molar-refractivity contribution in [3.05, 3.63) is 41.6 Å². The van der Waals surface area contributed by atoms with E-state index in [9.17, 15) is 4.79 Å². The molecule has 1 aliphatic carbocycles. The predicted octanol–water partition coefficient (Wildman–Crippen LogP) is 3.02. The molecule has 1 heterocycles. The molecule has 1 aromatic heterocycles. The van der Waals surface area contributed by atoms with Gasteiger partial charge >= 0.3 is 0 Å². The van der Waals surface area contributed by atoms with Crippen LogP contribution in [0.15, 0.2) is 30.3 Å². The van der Waals surface area contributed by atoms with Gasteiger partial charge in [-0.25, -0.2) is 0 Å². The minimum absolute atomic E-state index is 0.0762. The highest BCUT2D eigenvalue weighted by atomic mass is 16.5. The fourth-order valence-corrected chi connectivity index (χ4v) is 3.00. The van der Waals surface area contributed by atoms with Crippen molar-refractivity contribution in [1.82, 2.24) is 10.2 Å². The summed E-state index contributed by atoms with van der Waals surface area (Å²) < 4.78 is 5.38. The molecular formula is C17H18N2O2. The average molecular weight is 282 g/mol. The third kappa shape index (κ3) is 2.53. The van der Waals surface area contributed by atoms with E-state index in [1.807, 2.05) is 30.3 Å². The molecule has 4 heteroatoms. The molecule has 0 spiro atoms. The highest BCUT2D eigenvalue weighted by molar-refractivity contribution is 5.70. The summed E-state index contributed by atoms with van der Waals surface area (Å²) in [6.07, 6.45) is 2.80.